The molecule has 1 atom stereocenters. The van der Waals surface area contributed by atoms with Crippen molar-refractivity contribution in [1.29, 1.82) is 0 Å². The molecule has 0 saturated heterocycles. The van der Waals surface area contributed by atoms with Gasteiger partial charge in [0.2, 0.25) is 0 Å². The third-order valence-electron chi connectivity index (χ3n) is 0.991. The first kappa shape index (κ1) is 8.88. The van der Waals surface area contributed by atoms with Crippen molar-refractivity contribution in [1.82, 2.24) is 0 Å². The Bertz CT molecular complexity index is 52.3. The van der Waals surface area contributed by atoms with E-state index in [1.807, 2.05) is 6.92 Å². The molecule has 0 aromatic rings. The molecule has 0 rings (SSSR count). The van der Waals surface area contributed by atoms with Gasteiger partial charge < -0.3 is 14.6 Å². The number of hydrogen-bond acceptors (Lipinski definition) is 3. The maximum absolute atomic E-state index is 8.33. The minimum atomic E-state index is -0.155. The molecule has 0 aliphatic heterocycles. The van der Waals surface area contributed by atoms with Gasteiger partial charge in [-0.05, 0) is 6.42 Å². The molecule has 0 radical (unpaired) electrons. The SMILES string of the molecule is CCC(OC)OCCO. The van der Waals surface area contributed by atoms with Crippen molar-refractivity contribution in [2.45, 2.75) is 19.6 Å². The Kier molecular flexibility index (Phi) is 5.93. The summed E-state index contributed by atoms with van der Waals surface area (Å²) in [5, 5.41) is 8.33. The predicted molar refractivity (Wildman–Crippen MR) is 34.1 cm³/mol. The molecule has 1 N–H and O–H groups in total. The Morgan fingerprint density at radius 3 is 2.56 bits per heavy atom. The third kappa shape index (κ3) is 4.39. The molecule has 0 aromatic carbocycles. The van der Waals surface area contributed by atoms with Gasteiger partial charge in [-0.25, -0.2) is 0 Å². The molecule has 9 heavy (non-hydrogen) atoms. The van der Waals surface area contributed by atoms with E-state index >= 15 is 0 Å². The zero-order valence-corrected chi connectivity index (χ0v) is 5.96. The van der Waals surface area contributed by atoms with Gasteiger partial charge in [0, 0.05) is 7.11 Å². The van der Waals surface area contributed by atoms with Gasteiger partial charge in [-0.15, -0.1) is 0 Å². The van der Waals surface area contributed by atoms with E-state index in [9.17, 15) is 0 Å². The van der Waals surface area contributed by atoms with Crippen molar-refractivity contribution in [2.75, 3.05) is 20.3 Å². The second-order valence-corrected chi connectivity index (χ2v) is 1.67. The lowest BCUT2D eigenvalue weighted by molar-refractivity contribution is -0.130. The van der Waals surface area contributed by atoms with E-state index in [-0.39, 0.29) is 12.9 Å². The second kappa shape index (κ2) is 6.01. The number of aliphatic hydroxyl groups excluding tert-OH is 1. The molecular weight excluding hydrogens is 120 g/mol. The monoisotopic (exact) mass is 134 g/mol. The molecule has 1 unspecified atom stereocenters. The van der Waals surface area contributed by atoms with Gasteiger partial charge in [0.15, 0.2) is 6.29 Å². The van der Waals surface area contributed by atoms with Crippen LogP contribution >= 0.6 is 0 Å². The van der Waals surface area contributed by atoms with Crippen LogP contribution in [0, 0.1) is 0 Å². The number of hydrogen-bond donors (Lipinski definition) is 1. The van der Waals surface area contributed by atoms with Crippen LogP contribution in [0.1, 0.15) is 13.3 Å². The summed E-state index contributed by atoms with van der Waals surface area (Å²) in [5.74, 6) is 0. The fourth-order valence-corrected chi connectivity index (χ4v) is 0.537. The topological polar surface area (TPSA) is 38.7 Å². The van der Waals surface area contributed by atoms with Crippen LogP contribution in [0.25, 0.3) is 0 Å². The molecule has 0 bridgehead atoms. The van der Waals surface area contributed by atoms with Crippen molar-refractivity contribution < 1.29 is 14.6 Å². The molecule has 56 valence electrons. The van der Waals surface area contributed by atoms with Crippen LogP contribution in [0.5, 0.6) is 0 Å². The minimum Gasteiger partial charge on any atom is -0.394 e. The van der Waals surface area contributed by atoms with E-state index in [2.05, 4.69) is 0 Å². The highest BCUT2D eigenvalue weighted by Crippen LogP contribution is 1.96. The molecule has 0 heterocycles. The number of aliphatic hydroxyl groups is 1. The zero-order chi connectivity index (χ0) is 7.11. The summed E-state index contributed by atoms with van der Waals surface area (Å²) < 4.78 is 9.89. The highest BCUT2D eigenvalue weighted by Gasteiger charge is 2.00. The predicted octanol–water partition coefficient (Wildman–Crippen LogP) is 0.378. The summed E-state index contributed by atoms with van der Waals surface area (Å²) in [7, 11) is 1.59. The van der Waals surface area contributed by atoms with Gasteiger partial charge in [-0.1, -0.05) is 6.92 Å². The smallest absolute Gasteiger partial charge is 0.157 e. The standard InChI is InChI=1S/C6H14O3/c1-3-6(8-2)9-5-4-7/h6-7H,3-5H2,1-2H3. The summed E-state index contributed by atoms with van der Waals surface area (Å²) in [5.41, 5.74) is 0. The van der Waals surface area contributed by atoms with Gasteiger partial charge in [-0.3, -0.25) is 0 Å². The molecule has 3 heteroatoms. The largest absolute Gasteiger partial charge is 0.394 e. The lowest BCUT2D eigenvalue weighted by atomic mass is 10.5. The Morgan fingerprint density at radius 1 is 1.56 bits per heavy atom. The first-order valence-corrected chi connectivity index (χ1v) is 3.10. The van der Waals surface area contributed by atoms with Crippen LogP contribution in [-0.2, 0) is 9.47 Å². The first-order chi connectivity index (χ1) is 4.35. The highest BCUT2D eigenvalue weighted by molar-refractivity contribution is 4.36. The van der Waals surface area contributed by atoms with Crippen LogP contribution in [0.3, 0.4) is 0 Å². The van der Waals surface area contributed by atoms with Gasteiger partial charge in [0.05, 0.1) is 13.2 Å². The van der Waals surface area contributed by atoms with Gasteiger partial charge in [0.25, 0.3) is 0 Å². The van der Waals surface area contributed by atoms with Crippen molar-refractivity contribution in [3.05, 3.63) is 0 Å². The Balaban J connectivity index is 3.09. The molecular formula is C6H14O3. The van der Waals surface area contributed by atoms with Crippen LogP contribution < -0.4 is 0 Å². The van der Waals surface area contributed by atoms with Crippen molar-refractivity contribution in [3.8, 4) is 0 Å². The molecule has 0 fully saturated rings. The van der Waals surface area contributed by atoms with Crippen LogP contribution in [0.4, 0.5) is 0 Å². The van der Waals surface area contributed by atoms with E-state index in [4.69, 9.17) is 14.6 Å². The van der Waals surface area contributed by atoms with Crippen LogP contribution in [0.2, 0.25) is 0 Å². The summed E-state index contributed by atoms with van der Waals surface area (Å²) in [6, 6.07) is 0. The van der Waals surface area contributed by atoms with E-state index in [0.717, 1.165) is 6.42 Å². The van der Waals surface area contributed by atoms with Crippen LogP contribution in [-0.4, -0.2) is 31.7 Å². The Hall–Kier alpha value is -0.120. The molecule has 0 spiro atoms. The second-order valence-electron chi connectivity index (χ2n) is 1.67. The summed E-state index contributed by atoms with van der Waals surface area (Å²) in [6.45, 7) is 2.37. The fourth-order valence-electron chi connectivity index (χ4n) is 0.537. The van der Waals surface area contributed by atoms with Crippen molar-refractivity contribution >= 4 is 0 Å². The van der Waals surface area contributed by atoms with E-state index in [1.54, 1.807) is 7.11 Å². The number of ether oxygens (including phenoxy) is 2. The number of methoxy groups -OCH3 is 1. The molecule has 0 amide bonds. The zero-order valence-electron chi connectivity index (χ0n) is 5.96. The Labute approximate surface area is 55.6 Å². The molecule has 0 aromatic heterocycles. The average Bonchev–Trinajstić information content (AvgIpc) is 1.91. The van der Waals surface area contributed by atoms with Crippen molar-refractivity contribution in [2.24, 2.45) is 0 Å². The summed E-state index contributed by atoms with van der Waals surface area (Å²) in [6.07, 6.45) is 0.661. The van der Waals surface area contributed by atoms with Gasteiger partial charge in [-0.2, -0.15) is 0 Å². The average molecular weight is 134 g/mol. The molecule has 3 nitrogen and oxygen atoms in total. The van der Waals surface area contributed by atoms with Crippen molar-refractivity contribution in [3.63, 3.8) is 0 Å². The molecule has 0 saturated carbocycles. The molecule has 0 aliphatic carbocycles. The van der Waals surface area contributed by atoms with Gasteiger partial charge in [0.1, 0.15) is 0 Å². The first-order valence-electron chi connectivity index (χ1n) is 3.10. The quantitative estimate of drug-likeness (QED) is 0.552. The maximum Gasteiger partial charge on any atom is 0.157 e. The van der Waals surface area contributed by atoms with Gasteiger partial charge >= 0.3 is 0 Å². The van der Waals surface area contributed by atoms with E-state index in [0.29, 0.717) is 6.61 Å². The fraction of sp³-hybridized carbons (Fsp3) is 1.00. The number of rotatable bonds is 5. The van der Waals surface area contributed by atoms with Crippen LogP contribution in [0.15, 0.2) is 0 Å². The lowest BCUT2D eigenvalue weighted by Crippen LogP contribution is -2.15. The Morgan fingerprint density at radius 2 is 2.22 bits per heavy atom. The highest BCUT2D eigenvalue weighted by atomic mass is 16.7. The van der Waals surface area contributed by atoms with E-state index < -0.39 is 0 Å². The third-order valence-corrected chi connectivity index (χ3v) is 0.991. The normalized spacial score (nSPS) is 13.7. The molecule has 0 aliphatic rings. The summed E-state index contributed by atoms with van der Waals surface area (Å²) in [4.78, 5) is 0. The lowest BCUT2D eigenvalue weighted by Gasteiger charge is -2.12. The summed E-state index contributed by atoms with van der Waals surface area (Å²) >= 11 is 0. The minimum absolute atomic E-state index is 0.0554. The maximum atomic E-state index is 8.33. The van der Waals surface area contributed by atoms with E-state index in [1.165, 1.54) is 0 Å².